The maximum atomic E-state index is 6.72. The summed E-state index contributed by atoms with van der Waals surface area (Å²) >= 11 is 0. The third-order valence-electron chi connectivity index (χ3n) is 14.9. The highest BCUT2D eigenvalue weighted by Gasteiger charge is 2.51. The maximum absolute atomic E-state index is 6.72. The number of hydrogen-bond acceptors (Lipinski definition) is 6. The molecule has 0 N–H and O–H groups in total. The Morgan fingerprint density at radius 2 is 0.982 bits per heavy atom. The standard InChI is InChI=1S/2C17H36O3Si2.C11H18/c2*1-6-18-11-7-12-21(2,3)20-22(4,5)13-10-15-8-9-16-17(14-15)19-16;1-2-6-11(5-1)8-9-3-4-10(11)7-9/h2*15-17H,6-14H2,1-5H3;9-10H,1-8H2. The lowest BCUT2D eigenvalue weighted by Gasteiger charge is -2.35. The Bertz CT molecular complexity index is 1060. The minimum atomic E-state index is -1.52. The smallest absolute Gasteiger partial charge is 0.173 e. The Hall–Kier alpha value is 0.628. The summed E-state index contributed by atoms with van der Waals surface area (Å²) in [5.74, 6) is 4.12. The van der Waals surface area contributed by atoms with Crippen LogP contribution in [-0.2, 0) is 27.2 Å². The molecule has 322 valence electrons. The molecule has 0 aromatic rings. The minimum Gasteiger partial charge on any atom is -0.455 e. The van der Waals surface area contributed by atoms with E-state index in [-0.39, 0.29) is 0 Å². The summed E-state index contributed by atoms with van der Waals surface area (Å²) in [5, 5.41) is 0. The summed E-state index contributed by atoms with van der Waals surface area (Å²) in [7, 11) is -6.09. The topological polar surface area (TPSA) is 62.0 Å². The van der Waals surface area contributed by atoms with Crippen molar-refractivity contribution < 1.29 is 27.2 Å². The molecule has 55 heavy (non-hydrogen) atoms. The van der Waals surface area contributed by atoms with Crippen molar-refractivity contribution in [2.24, 2.45) is 29.1 Å². The largest absolute Gasteiger partial charge is 0.455 e. The highest BCUT2D eigenvalue weighted by Crippen LogP contribution is 2.62. The van der Waals surface area contributed by atoms with E-state index in [0.717, 1.165) is 62.4 Å². The molecular formula is C45H90O6Si4. The van der Waals surface area contributed by atoms with Crippen LogP contribution in [0.2, 0.25) is 76.6 Å². The fraction of sp³-hybridized carbons (Fsp3) is 1.00. The molecule has 2 saturated heterocycles. The van der Waals surface area contributed by atoms with Crippen molar-refractivity contribution in [3.05, 3.63) is 0 Å². The monoisotopic (exact) mass is 839 g/mol. The molecule has 5 saturated carbocycles. The van der Waals surface area contributed by atoms with Gasteiger partial charge < -0.3 is 27.2 Å². The van der Waals surface area contributed by atoms with E-state index in [1.54, 1.807) is 51.4 Å². The third-order valence-corrected chi connectivity index (χ3v) is 29.8. The Morgan fingerprint density at radius 1 is 0.527 bits per heavy atom. The van der Waals surface area contributed by atoms with Crippen LogP contribution in [0.5, 0.6) is 0 Å². The van der Waals surface area contributed by atoms with Gasteiger partial charge in [-0.05, 0) is 203 Å². The summed E-state index contributed by atoms with van der Waals surface area (Å²) in [6.45, 7) is 26.8. The summed E-state index contributed by atoms with van der Waals surface area (Å²) in [6.07, 6.45) is 28.2. The number of hydrogen-bond donors (Lipinski definition) is 0. The second-order valence-electron chi connectivity index (χ2n) is 21.9. The fourth-order valence-corrected chi connectivity index (χ4v) is 29.8. The lowest BCUT2D eigenvalue weighted by Crippen LogP contribution is -2.44. The Kier molecular flexibility index (Phi) is 17.8. The predicted molar refractivity (Wildman–Crippen MR) is 241 cm³/mol. The SMILES string of the molecule is C1CCC2(C1)CC1CCC2C1.CCOCCC[Si](C)(C)O[Si](C)(C)CCC1CCC2OC2C1.CCOCCC[Si](C)(C)O[Si](C)(C)CCC1CCC2OC2C1. The van der Waals surface area contributed by atoms with Crippen LogP contribution in [0, 0.1) is 29.1 Å². The van der Waals surface area contributed by atoms with Gasteiger partial charge in [-0.15, -0.1) is 0 Å². The average Bonchev–Trinajstić information content (AvgIpc) is 3.92. The van der Waals surface area contributed by atoms with Crippen molar-refractivity contribution in [3.8, 4) is 0 Å². The molecular weight excluding hydrogens is 749 g/mol. The van der Waals surface area contributed by atoms with Crippen LogP contribution in [-0.4, -0.2) is 84.1 Å². The van der Waals surface area contributed by atoms with Crippen LogP contribution < -0.4 is 0 Å². The molecule has 6 nitrogen and oxygen atoms in total. The lowest BCUT2D eigenvalue weighted by atomic mass is 9.72. The van der Waals surface area contributed by atoms with Crippen molar-refractivity contribution in [1.82, 2.24) is 0 Å². The quantitative estimate of drug-likeness (QED) is 0.0691. The minimum absolute atomic E-state index is 0.619. The Labute approximate surface area is 344 Å². The van der Waals surface area contributed by atoms with Gasteiger partial charge in [0.2, 0.25) is 0 Å². The van der Waals surface area contributed by atoms with E-state index in [2.05, 4.69) is 66.2 Å². The van der Waals surface area contributed by atoms with Crippen molar-refractivity contribution in [2.45, 2.75) is 230 Å². The van der Waals surface area contributed by atoms with Crippen LogP contribution in [0.4, 0.5) is 0 Å². The lowest BCUT2D eigenvalue weighted by molar-refractivity contribution is 0.147. The third kappa shape index (κ3) is 15.9. The Morgan fingerprint density at radius 3 is 1.36 bits per heavy atom. The van der Waals surface area contributed by atoms with E-state index >= 15 is 0 Å². The van der Waals surface area contributed by atoms with Crippen LogP contribution in [0.25, 0.3) is 0 Å². The van der Waals surface area contributed by atoms with Crippen molar-refractivity contribution in [2.75, 3.05) is 26.4 Å². The zero-order valence-electron chi connectivity index (χ0n) is 38.0. The van der Waals surface area contributed by atoms with E-state index in [4.69, 9.17) is 27.2 Å². The molecule has 1 spiro atoms. The first-order chi connectivity index (χ1) is 26.0. The molecule has 0 aromatic heterocycles. The van der Waals surface area contributed by atoms with Crippen LogP contribution in [0.3, 0.4) is 0 Å². The van der Waals surface area contributed by atoms with Crippen molar-refractivity contribution in [1.29, 1.82) is 0 Å². The zero-order valence-corrected chi connectivity index (χ0v) is 42.0. The molecule has 2 aliphatic heterocycles. The molecule has 0 radical (unpaired) electrons. The van der Waals surface area contributed by atoms with Gasteiger partial charge in [-0.3, -0.25) is 0 Å². The van der Waals surface area contributed by atoms with Gasteiger partial charge in [-0.2, -0.15) is 0 Å². The number of epoxide rings is 2. The summed E-state index contributed by atoms with van der Waals surface area (Å²) < 4.78 is 35.7. The highest BCUT2D eigenvalue weighted by molar-refractivity contribution is 6.85. The Balaban J connectivity index is 0.000000166. The average molecular weight is 840 g/mol. The molecule has 8 unspecified atom stereocenters. The van der Waals surface area contributed by atoms with Gasteiger partial charge in [0.15, 0.2) is 33.3 Å². The fourth-order valence-electron chi connectivity index (χ4n) is 12.0. The molecule has 0 amide bonds. The first-order valence-corrected chi connectivity index (χ1v) is 36.3. The molecule has 5 aliphatic carbocycles. The zero-order chi connectivity index (χ0) is 39.7. The van der Waals surface area contributed by atoms with Gasteiger partial charge >= 0.3 is 0 Å². The summed E-state index contributed by atoms with van der Waals surface area (Å²) in [4.78, 5) is 0. The van der Waals surface area contributed by atoms with E-state index in [1.807, 2.05) is 0 Å². The van der Waals surface area contributed by atoms with E-state index in [1.165, 1.54) is 81.5 Å². The summed E-state index contributed by atoms with van der Waals surface area (Å²) in [6, 6.07) is 5.09. The number of ether oxygens (including phenoxy) is 4. The second kappa shape index (κ2) is 20.9. The van der Waals surface area contributed by atoms with Gasteiger partial charge in [0.1, 0.15) is 0 Å². The molecule has 2 heterocycles. The van der Waals surface area contributed by atoms with Gasteiger partial charge in [0.05, 0.1) is 24.4 Å². The van der Waals surface area contributed by atoms with E-state index < -0.39 is 33.3 Å². The van der Waals surface area contributed by atoms with Gasteiger partial charge in [-0.1, -0.05) is 32.1 Å². The molecule has 8 atom stereocenters. The van der Waals surface area contributed by atoms with E-state index in [0.29, 0.717) is 24.4 Å². The number of fused-ring (bicyclic) bond motifs is 5. The molecule has 2 bridgehead atoms. The van der Waals surface area contributed by atoms with Gasteiger partial charge in [-0.25, -0.2) is 0 Å². The molecule has 7 aliphatic rings. The molecule has 0 aromatic carbocycles. The van der Waals surface area contributed by atoms with Crippen LogP contribution in [0.15, 0.2) is 0 Å². The van der Waals surface area contributed by atoms with Crippen LogP contribution >= 0.6 is 0 Å². The van der Waals surface area contributed by atoms with Gasteiger partial charge in [0, 0.05) is 26.4 Å². The normalized spacial score (nSPS) is 32.0. The molecule has 7 fully saturated rings. The summed E-state index contributed by atoms with van der Waals surface area (Å²) in [5.41, 5.74) is 0.906. The van der Waals surface area contributed by atoms with Crippen molar-refractivity contribution in [3.63, 3.8) is 0 Å². The highest BCUT2D eigenvalue weighted by atomic mass is 28.4. The number of rotatable bonds is 20. The van der Waals surface area contributed by atoms with Crippen molar-refractivity contribution >= 4 is 33.3 Å². The maximum Gasteiger partial charge on any atom is 0.173 e. The van der Waals surface area contributed by atoms with E-state index in [9.17, 15) is 0 Å². The van der Waals surface area contributed by atoms with Crippen LogP contribution in [0.1, 0.15) is 129 Å². The molecule has 10 heteroatoms. The second-order valence-corrected chi connectivity index (χ2v) is 39.6. The van der Waals surface area contributed by atoms with Gasteiger partial charge in [0.25, 0.3) is 0 Å². The first-order valence-electron chi connectivity index (χ1n) is 23.9. The first kappa shape index (κ1) is 46.7. The molecule has 7 rings (SSSR count). The predicted octanol–water partition coefficient (Wildman–Crippen LogP) is 13.0.